The highest BCUT2D eigenvalue weighted by Gasteiger charge is 2.05. The predicted octanol–water partition coefficient (Wildman–Crippen LogP) is 2.93. The number of rotatable bonds is 2. The predicted molar refractivity (Wildman–Crippen MR) is 59.2 cm³/mol. The lowest BCUT2D eigenvalue weighted by molar-refractivity contribution is 0.876. The fourth-order valence-corrected chi connectivity index (χ4v) is 1.71. The van der Waals surface area contributed by atoms with Crippen molar-refractivity contribution in [2.45, 2.75) is 13.8 Å². The Kier molecular flexibility index (Phi) is 6.67. The van der Waals surface area contributed by atoms with E-state index in [4.69, 9.17) is 0 Å². The van der Waals surface area contributed by atoms with Crippen LogP contribution in [0.3, 0.4) is 0 Å². The van der Waals surface area contributed by atoms with Crippen LogP contribution in [0.2, 0.25) is 0 Å². The van der Waals surface area contributed by atoms with Crippen molar-refractivity contribution in [3.63, 3.8) is 0 Å². The van der Waals surface area contributed by atoms with E-state index in [0.717, 1.165) is 18.0 Å². The average molecular weight is 183 g/mol. The van der Waals surface area contributed by atoms with E-state index >= 15 is 0 Å². The zero-order valence-electron chi connectivity index (χ0n) is 7.89. The van der Waals surface area contributed by atoms with Crippen LogP contribution in [0.5, 0.6) is 0 Å². The van der Waals surface area contributed by atoms with Gasteiger partial charge in [0, 0.05) is 22.9 Å². The first-order chi connectivity index (χ1) is 5.88. The van der Waals surface area contributed by atoms with Gasteiger partial charge in [-0.2, -0.15) is 0 Å². The highest BCUT2D eigenvalue weighted by Crippen LogP contribution is 2.22. The van der Waals surface area contributed by atoms with Gasteiger partial charge in [-0.15, -0.1) is 11.8 Å². The first-order valence-electron chi connectivity index (χ1n) is 4.24. The highest BCUT2D eigenvalue weighted by atomic mass is 32.2. The van der Waals surface area contributed by atoms with Crippen molar-refractivity contribution in [2.75, 3.05) is 12.3 Å². The minimum Gasteiger partial charge on any atom is -0.383 e. The summed E-state index contributed by atoms with van der Waals surface area (Å²) in [6.45, 7) is 12.4. The molecule has 1 aliphatic heterocycles. The second-order valence-corrected chi connectivity index (χ2v) is 3.10. The normalized spacial score (nSPS) is 15.5. The fourth-order valence-electron chi connectivity index (χ4n) is 0.853. The van der Waals surface area contributed by atoms with Crippen molar-refractivity contribution in [3.05, 3.63) is 35.9 Å². The largest absolute Gasteiger partial charge is 0.383 e. The topological polar surface area (TPSA) is 12.0 Å². The van der Waals surface area contributed by atoms with E-state index in [1.807, 2.05) is 37.8 Å². The molecule has 0 aromatic carbocycles. The van der Waals surface area contributed by atoms with E-state index in [-0.39, 0.29) is 0 Å². The molecule has 2 heteroatoms. The third-order valence-corrected chi connectivity index (χ3v) is 2.44. The van der Waals surface area contributed by atoms with Gasteiger partial charge in [-0.25, -0.2) is 0 Å². The van der Waals surface area contributed by atoms with Crippen LogP contribution in [0, 0.1) is 0 Å². The Morgan fingerprint density at radius 2 is 2.00 bits per heavy atom. The van der Waals surface area contributed by atoms with Crippen molar-refractivity contribution < 1.29 is 0 Å². The van der Waals surface area contributed by atoms with E-state index in [9.17, 15) is 0 Å². The number of hydrogen-bond acceptors (Lipinski definition) is 2. The molecule has 68 valence electrons. The van der Waals surface area contributed by atoms with Gasteiger partial charge in [0.2, 0.25) is 0 Å². The number of nitrogens with one attached hydrogen (secondary N) is 1. The molecule has 12 heavy (non-hydrogen) atoms. The van der Waals surface area contributed by atoms with Crippen molar-refractivity contribution in [2.24, 2.45) is 0 Å². The molecule has 0 aromatic rings. The van der Waals surface area contributed by atoms with Crippen LogP contribution in [0.25, 0.3) is 0 Å². The summed E-state index contributed by atoms with van der Waals surface area (Å²) in [7, 11) is 0. The van der Waals surface area contributed by atoms with Gasteiger partial charge in [0.05, 0.1) is 0 Å². The maximum absolute atomic E-state index is 3.72. The summed E-state index contributed by atoms with van der Waals surface area (Å²) in [5.41, 5.74) is 1.12. The Morgan fingerprint density at radius 3 is 2.42 bits per heavy atom. The van der Waals surface area contributed by atoms with Crippen molar-refractivity contribution in [1.82, 2.24) is 5.32 Å². The van der Waals surface area contributed by atoms with Crippen molar-refractivity contribution >= 4 is 11.8 Å². The third kappa shape index (κ3) is 3.18. The number of allylic oxidation sites excluding steroid dienone is 2. The number of hydrogen-bond donors (Lipinski definition) is 1. The maximum atomic E-state index is 3.72. The molecule has 0 amide bonds. The summed E-state index contributed by atoms with van der Waals surface area (Å²) >= 11 is 1.82. The van der Waals surface area contributed by atoms with Gasteiger partial charge in [0.1, 0.15) is 0 Å². The van der Waals surface area contributed by atoms with Gasteiger partial charge in [-0.3, -0.25) is 0 Å². The van der Waals surface area contributed by atoms with Crippen LogP contribution in [0.15, 0.2) is 35.9 Å². The summed E-state index contributed by atoms with van der Waals surface area (Å²) in [6, 6.07) is 0. The SMILES string of the molecule is C=CC1=C(C=C)SCCN1.CC. The molecule has 0 saturated heterocycles. The molecular weight excluding hydrogens is 166 g/mol. The van der Waals surface area contributed by atoms with Gasteiger partial charge in [0.25, 0.3) is 0 Å². The van der Waals surface area contributed by atoms with Crippen LogP contribution in [-0.2, 0) is 0 Å². The molecule has 1 N–H and O–H groups in total. The second kappa shape index (κ2) is 7.04. The quantitative estimate of drug-likeness (QED) is 0.706. The molecule has 0 aromatic heterocycles. The molecule has 0 saturated carbocycles. The summed E-state index contributed by atoms with van der Waals surface area (Å²) in [5, 5.41) is 3.24. The maximum Gasteiger partial charge on any atom is 0.0472 e. The smallest absolute Gasteiger partial charge is 0.0472 e. The summed E-state index contributed by atoms with van der Waals surface area (Å²) in [4.78, 5) is 1.21. The third-order valence-electron chi connectivity index (χ3n) is 1.33. The Hall–Kier alpha value is -0.630. The Morgan fingerprint density at radius 1 is 1.33 bits per heavy atom. The summed E-state index contributed by atoms with van der Waals surface area (Å²) in [6.07, 6.45) is 3.71. The molecule has 0 radical (unpaired) electrons. The summed E-state index contributed by atoms with van der Waals surface area (Å²) < 4.78 is 0. The molecule has 0 fully saturated rings. The van der Waals surface area contributed by atoms with Crippen LogP contribution in [0.1, 0.15) is 13.8 Å². The lowest BCUT2D eigenvalue weighted by atomic mass is 10.3. The standard InChI is InChI=1S/C8H11NS.C2H6/c1-3-7-8(4-2)10-6-5-9-7;1-2/h3-4,9H,1-2,5-6H2;1-2H3. The van der Waals surface area contributed by atoms with E-state index < -0.39 is 0 Å². The first-order valence-corrected chi connectivity index (χ1v) is 5.23. The highest BCUT2D eigenvalue weighted by molar-refractivity contribution is 8.03. The minimum absolute atomic E-state index is 1.03. The molecule has 0 unspecified atom stereocenters. The van der Waals surface area contributed by atoms with E-state index in [1.165, 1.54) is 4.91 Å². The Balaban J connectivity index is 0.000000561. The van der Waals surface area contributed by atoms with Crippen LogP contribution in [-0.4, -0.2) is 12.3 Å². The van der Waals surface area contributed by atoms with Crippen molar-refractivity contribution in [1.29, 1.82) is 0 Å². The van der Waals surface area contributed by atoms with Gasteiger partial charge >= 0.3 is 0 Å². The van der Waals surface area contributed by atoms with E-state index in [2.05, 4.69) is 18.5 Å². The molecule has 0 atom stereocenters. The second-order valence-electron chi connectivity index (χ2n) is 1.96. The molecule has 1 nitrogen and oxygen atoms in total. The van der Waals surface area contributed by atoms with Gasteiger partial charge in [-0.1, -0.05) is 33.1 Å². The monoisotopic (exact) mass is 183 g/mol. The van der Waals surface area contributed by atoms with Crippen molar-refractivity contribution in [3.8, 4) is 0 Å². The molecule has 1 rings (SSSR count). The zero-order chi connectivity index (χ0) is 9.40. The molecule has 0 spiro atoms. The fraction of sp³-hybridized carbons (Fsp3) is 0.400. The molecule has 0 bridgehead atoms. The lowest BCUT2D eigenvalue weighted by Gasteiger charge is -2.16. The van der Waals surface area contributed by atoms with E-state index in [0.29, 0.717) is 0 Å². The van der Waals surface area contributed by atoms with Crippen LogP contribution in [0.4, 0.5) is 0 Å². The summed E-state index contributed by atoms with van der Waals surface area (Å²) in [5.74, 6) is 1.12. The van der Waals surface area contributed by atoms with Gasteiger partial charge in [-0.05, 0) is 6.08 Å². The molecular formula is C10H17NS. The molecule has 1 heterocycles. The lowest BCUT2D eigenvalue weighted by Crippen LogP contribution is -2.20. The van der Waals surface area contributed by atoms with E-state index in [1.54, 1.807) is 0 Å². The Bertz CT molecular complexity index is 162. The minimum atomic E-state index is 1.03. The molecule has 0 aliphatic carbocycles. The average Bonchev–Trinajstić information content (AvgIpc) is 2.20. The first kappa shape index (κ1) is 11.4. The zero-order valence-corrected chi connectivity index (χ0v) is 8.71. The Labute approximate surface area is 79.6 Å². The van der Waals surface area contributed by atoms with Gasteiger partial charge in [0.15, 0.2) is 0 Å². The molecule has 1 aliphatic rings. The number of thioether (sulfide) groups is 1. The van der Waals surface area contributed by atoms with Crippen LogP contribution < -0.4 is 5.32 Å². The van der Waals surface area contributed by atoms with Gasteiger partial charge < -0.3 is 5.32 Å². The van der Waals surface area contributed by atoms with Crippen LogP contribution >= 0.6 is 11.8 Å².